The van der Waals surface area contributed by atoms with E-state index in [1.165, 1.54) is 20.0 Å². The average Bonchev–Trinajstić information content (AvgIpc) is 3.09. The van der Waals surface area contributed by atoms with Crippen LogP contribution in [0.3, 0.4) is 0 Å². The third-order valence-electron chi connectivity index (χ3n) is 7.14. The first-order chi connectivity index (χ1) is 11.1. The summed E-state index contributed by atoms with van der Waals surface area (Å²) in [7, 11) is 1.52. The fourth-order valence-corrected chi connectivity index (χ4v) is 6.62. The third-order valence-corrected chi connectivity index (χ3v) is 7.14. The molecule has 2 heterocycles. The summed E-state index contributed by atoms with van der Waals surface area (Å²) in [6.07, 6.45) is 10.3. The molecule has 5 fully saturated rings. The summed E-state index contributed by atoms with van der Waals surface area (Å²) in [5.74, 6) is 1.61. The van der Waals surface area contributed by atoms with Crippen molar-refractivity contribution in [1.82, 2.24) is 9.80 Å². The standard InChI is InChI=1S/C18H24N2O3/c1-23-16(21)18-7-11-5-12(8-18)15(13(6-11)9-18)20-10-14-3-2-4-19(14)17(20)22/h2,4,11-15H,3,5-10H2,1H3. The summed E-state index contributed by atoms with van der Waals surface area (Å²) in [6.45, 7) is 0.861. The first-order valence-electron chi connectivity index (χ1n) is 8.95. The summed E-state index contributed by atoms with van der Waals surface area (Å²) < 4.78 is 5.14. The topological polar surface area (TPSA) is 49.9 Å². The fourth-order valence-electron chi connectivity index (χ4n) is 6.62. The van der Waals surface area contributed by atoms with Gasteiger partial charge in [-0.05, 0) is 56.3 Å². The minimum atomic E-state index is -0.249. The Bertz CT molecular complexity index is 585. The number of urea groups is 1. The normalized spacial score (nSPS) is 46.7. The van der Waals surface area contributed by atoms with Crippen LogP contribution in [-0.2, 0) is 9.53 Å². The number of carbonyl (C=O) groups excluding carboxylic acids is 2. The Balaban J connectivity index is 1.43. The third kappa shape index (κ3) is 1.74. The van der Waals surface area contributed by atoms with Crippen molar-refractivity contribution < 1.29 is 14.3 Å². The van der Waals surface area contributed by atoms with Gasteiger partial charge in [-0.25, -0.2) is 4.79 Å². The maximum absolute atomic E-state index is 12.8. The largest absolute Gasteiger partial charge is 0.469 e. The second kappa shape index (κ2) is 4.52. The Morgan fingerprint density at radius 2 is 2.00 bits per heavy atom. The molecule has 1 saturated heterocycles. The lowest BCUT2D eigenvalue weighted by molar-refractivity contribution is -0.174. The van der Waals surface area contributed by atoms with E-state index in [0.717, 1.165) is 32.2 Å². The highest BCUT2D eigenvalue weighted by molar-refractivity contribution is 5.80. The van der Waals surface area contributed by atoms with E-state index in [1.54, 1.807) is 0 Å². The van der Waals surface area contributed by atoms with Gasteiger partial charge in [-0.3, -0.25) is 9.69 Å². The van der Waals surface area contributed by atoms with E-state index >= 15 is 0 Å². The predicted octanol–water partition coefficient (Wildman–Crippen LogP) is 2.38. The zero-order chi connectivity index (χ0) is 15.8. The smallest absolute Gasteiger partial charge is 0.324 e. The molecular weight excluding hydrogens is 292 g/mol. The van der Waals surface area contributed by atoms with Crippen LogP contribution in [0.25, 0.3) is 0 Å². The summed E-state index contributed by atoms with van der Waals surface area (Å²) in [4.78, 5) is 29.2. The van der Waals surface area contributed by atoms with E-state index in [4.69, 9.17) is 4.74 Å². The van der Waals surface area contributed by atoms with E-state index in [2.05, 4.69) is 11.0 Å². The van der Waals surface area contributed by atoms with E-state index in [0.29, 0.717) is 29.8 Å². The van der Waals surface area contributed by atoms with Crippen LogP contribution in [0.5, 0.6) is 0 Å². The Kier molecular flexibility index (Phi) is 2.73. The fraction of sp³-hybridized carbons (Fsp3) is 0.778. The summed E-state index contributed by atoms with van der Waals surface area (Å²) >= 11 is 0. The number of ether oxygens (including phenoxy) is 1. The van der Waals surface area contributed by atoms with Gasteiger partial charge in [-0.1, -0.05) is 6.08 Å². The lowest BCUT2D eigenvalue weighted by Crippen LogP contribution is -2.61. The molecule has 0 aromatic rings. The molecule has 4 bridgehead atoms. The van der Waals surface area contributed by atoms with Crippen molar-refractivity contribution in [3.63, 3.8) is 0 Å². The highest BCUT2D eigenvalue weighted by Crippen LogP contribution is 2.61. The Hall–Kier alpha value is -1.52. The molecule has 6 rings (SSSR count). The monoisotopic (exact) mass is 316 g/mol. The van der Waals surface area contributed by atoms with Gasteiger partial charge >= 0.3 is 12.0 Å². The van der Waals surface area contributed by atoms with Gasteiger partial charge in [0.2, 0.25) is 0 Å². The lowest BCUT2D eigenvalue weighted by atomic mass is 9.47. The molecule has 0 aromatic carbocycles. The van der Waals surface area contributed by atoms with Crippen LogP contribution in [0.4, 0.5) is 4.79 Å². The van der Waals surface area contributed by atoms with E-state index in [1.807, 2.05) is 11.1 Å². The SMILES string of the molecule is COC(=O)C12CC3CC(C1)C(N1CC4CC=CN4C1=O)C(C3)C2. The molecule has 5 heteroatoms. The second-order valence-corrected chi connectivity index (χ2v) is 8.35. The van der Waals surface area contributed by atoms with Crippen molar-refractivity contribution in [2.24, 2.45) is 23.2 Å². The molecule has 0 aromatic heterocycles. The highest BCUT2D eigenvalue weighted by atomic mass is 16.5. The number of hydrogen-bond donors (Lipinski definition) is 0. The minimum Gasteiger partial charge on any atom is -0.469 e. The van der Waals surface area contributed by atoms with Crippen LogP contribution in [-0.4, -0.2) is 47.5 Å². The van der Waals surface area contributed by atoms with Crippen molar-refractivity contribution in [3.8, 4) is 0 Å². The average molecular weight is 316 g/mol. The zero-order valence-electron chi connectivity index (χ0n) is 13.6. The molecular formula is C18H24N2O3. The first kappa shape index (κ1) is 13.9. The zero-order valence-corrected chi connectivity index (χ0v) is 13.6. The Morgan fingerprint density at radius 3 is 2.65 bits per heavy atom. The molecule has 0 spiro atoms. The number of carbonyl (C=O) groups is 2. The van der Waals surface area contributed by atoms with Crippen molar-refractivity contribution in [2.45, 2.75) is 50.6 Å². The molecule has 3 atom stereocenters. The maximum Gasteiger partial charge on any atom is 0.324 e. The second-order valence-electron chi connectivity index (χ2n) is 8.35. The molecule has 0 N–H and O–H groups in total. The van der Waals surface area contributed by atoms with Crippen molar-refractivity contribution >= 4 is 12.0 Å². The van der Waals surface area contributed by atoms with Crippen LogP contribution in [0, 0.1) is 23.2 Å². The van der Waals surface area contributed by atoms with Gasteiger partial charge in [0, 0.05) is 18.8 Å². The number of fused-ring (bicyclic) bond motifs is 1. The molecule has 2 amide bonds. The Labute approximate surface area is 136 Å². The van der Waals surface area contributed by atoms with Crippen LogP contribution in [0.2, 0.25) is 0 Å². The summed E-state index contributed by atoms with van der Waals surface area (Å²) in [6, 6.07) is 0.874. The number of esters is 1. The van der Waals surface area contributed by atoms with E-state index in [9.17, 15) is 9.59 Å². The van der Waals surface area contributed by atoms with E-state index < -0.39 is 0 Å². The van der Waals surface area contributed by atoms with Gasteiger partial charge in [0.15, 0.2) is 0 Å². The molecule has 2 aliphatic heterocycles. The van der Waals surface area contributed by atoms with Crippen molar-refractivity contribution in [3.05, 3.63) is 12.3 Å². The number of rotatable bonds is 2. The van der Waals surface area contributed by atoms with Gasteiger partial charge in [0.25, 0.3) is 0 Å². The van der Waals surface area contributed by atoms with E-state index in [-0.39, 0.29) is 17.4 Å². The van der Waals surface area contributed by atoms with Gasteiger partial charge in [-0.2, -0.15) is 0 Å². The minimum absolute atomic E-state index is 0.00773. The van der Waals surface area contributed by atoms with Crippen LogP contribution in [0.15, 0.2) is 12.3 Å². The molecule has 4 aliphatic carbocycles. The molecule has 5 nitrogen and oxygen atoms in total. The van der Waals surface area contributed by atoms with Crippen molar-refractivity contribution in [2.75, 3.05) is 13.7 Å². The number of nitrogens with zero attached hydrogens (tertiary/aromatic N) is 2. The summed E-state index contributed by atoms with van der Waals surface area (Å²) in [5, 5.41) is 0. The lowest BCUT2D eigenvalue weighted by Gasteiger charge is -2.60. The van der Waals surface area contributed by atoms with Gasteiger partial charge < -0.3 is 9.64 Å². The van der Waals surface area contributed by atoms with Crippen LogP contribution >= 0.6 is 0 Å². The number of hydrogen-bond acceptors (Lipinski definition) is 3. The first-order valence-corrected chi connectivity index (χ1v) is 8.95. The number of methoxy groups -OCH3 is 1. The highest BCUT2D eigenvalue weighted by Gasteiger charge is 2.61. The maximum atomic E-state index is 12.8. The number of amides is 2. The van der Waals surface area contributed by atoms with Crippen LogP contribution in [0.1, 0.15) is 38.5 Å². The van der Waals surface area contributed by atoms with Crippen molar-refractivity contribution in [1.29, 1.82) is 0 Å². The van der Waals surface area contributed by atoms with Gasteiger partial charge in [0.05, 0.1) is 18.6 Å². The molecule has 23 heavy (non-hydrogen) atoms. The molecule has 0 radical (unpaired) electrons. The molecule has 4 saturated carbocycles. The quantitative estimate of drug-likeness (QED) is 0.735. The molecule has 3 unspecified atom stereocenters. The van der Waals surface area contributed by atoms with Gasteiger partial charge in [0.1, 0.15) is 0 Å². The Morgan fingerprint density at radius 1 is 1.26 bits per heavy atom. The van der Waals surface area contributed by atoms with Crippen LogP contribution < -0.4 is 0 Å². The summed E-state index contributed by atoms with van der Waals surface area (Å²) in [5.41, 5.74) is -0.249. The predicted molar refractivity (Wildman–Crippen MR) is 83.3 cm³/mol. The van der Waals surface area contributed by atoms with Gasteiger partial charge in [-0.15, -0.1) is 0 Å². The molecule has 6 aliphatic rings. The molecule has 124 valence electrons.